The van der Waals surface area contributed by atoms with E-state index >= 15 is 0 Å². The first-order valence-corrected chi connectivity index (χ1v) is 9.11. The Labute approximate surface area is 166 Å². The zero-order valence-corrected chi connectivity index (χ0v) is 17.3. The molecule has 1 N–H and O–H groups in total. The first-order chi connectivity index (χ1) is 11.1. The van der Waals surface area contributed by atoms with Crippen LogP contribution >= 0.6 is 11.8 Å². The summed E-state index contributed by atoms with van der Waals surface area (Å²) in [5, 5.41) is 4.84. The molecule has 24 heavy (non-hydrogen) atoms. The highest BCUT2D eigenvalue weighted by molar-refractivity contribution is 8.13. The minimum absolute atomic E-state index is 0. The van der Waals surface area contributed by atoms with Crippen molar-refractivity contribution < 1.29 is 28.6 Å². The number of nitrogens with zero attached hydrogens (tertiary/aromatic N) is 1. The second kappa shape index (κ2) is 8.21. The van der Waals surface area contributed by atoms with Gasteiger partial charge in [0.05, 0.1) is 6.42 Å². The van der Waals surface area contributed by atoms with E-state index in [4.69, 9.17) is 0 Å². The molecule has 0 saturated carbocycles. The molecule has 2 aromatic rings. The lowest BCUT2D eigenvalue weighted by molar-refractivity contribution is -0.523. The molecule has 2 nitrogen and oxygen atoms in total. The highest BCUT2D eigenvalue weighted by Crippen LogP contribution is 2.33. The lowest BCUT2D eigenvalue weighted by Crippen LogP contribution is -3.00. The zero-order chi connectivity index (χ0) is 16.3. The number of hydrogen-bond donors (Lipinski definition) is 1. The average Bonchev–Trinajstić information content (AvgIpc) is 2.55. The SMILES string of the molecule is CSC1=[N+](c2ccccc2)C(C)(C)CC(Nc2ccccc2)=C1.[I-]. The molecule has 0 unspecified atom stereocenters. The van der Waals surface area contributed by atoms with E-state index in [0.717, 1.165) is 12.1 Å². The molecule has 0 aliphatic carbocycles. The van der Waals surface area contributed by atoms with Crippen LogP contribution in [0, 0.1) is 0 Å². The van der Waals surface area contributed by atoms with Gasteiger partial charge in [0, 0.05) is 43.4 Å². The topological polar surface area (TPSA) is 15.0 Å². The number of thioether (sulfide) groups is 1. The van der Waals surface area contributed by atoms with E-state index in [-0.39, 0.29) is 29.5 Å². The summed E-state index contributed by atoms with van der Waals surface area (Å²) < 4.78 is 2.44. The van der Waals surface area contributed by atoms with Crippen molar-refractivity contribution in [2.45, 2.75) is 25.8 Å². The van der Waals surface area contributed by atoms with E-state index < -0.39 is 0 Å². The average molecular weight is 450 g/mol. The van der Waals surface area contributed by atoms with Gasteiger partial charge in [0.1, 0.15) is 0 Å². The molecule has 0 spiro atoms. The van der Waals surface area contributed by atoms with Gasteiger partial charge < -0.3 is 29.3 Å². The fourth-order valence-corrected chi connectivity index (χ4v) is 3.89. The van der Waals surface area contributed by atoms with Crippen molar-refractivity contribution in [3.8, 4) is 0 Å². The number of rotatable bonds is 3. The monoisotopic (exact) mass is 450 g/mol. The van der Waals surface area contributed by atoms with Gasteiger partial charge in [-0.05, 0) is 18.4 Å². The van der Waals surface area contributed by atoms with Gasteiger partial charge in [-0.15, -0.1) is 0 Å². The zero-order valence-electron chi connectivity index (χ0n) is 14.3. The van der Waals surface area contributed by atoms with Gasteiger partial charge in [0.15, 0.2) is 5.54 Å². The molecule has 3 rings (SSSR count). The highest BCUT2D eigenvalue weighted by Gasteiger charge is 2.39. The van der Waals surface area contributed by atoms with Crippen molar-refractivity contribution in [3.63, 3.8) is 0 Å². The Morgan fingerprint density at radius 1 is 0.958 bits per heavy atom. The molecule has 1 aliphatic heterocycles. The van der Waals surface area contributed by atoms with Crippen molar-refractivity contribution in [1.82, 2.24) is 0 Å². The van der Waals surface area contributed by atoms with Crippen LogP contribution in [-0.2, 0) is 0 Å². The summed E-state index contributed by atoms with van der Waals surface area (Å²) in [5.41, 5.74) is 3.67. The smallest absolute Gasteiger partial charge is 0.242 e. The molecule has 0 aromatic heterocycles. The van der Waals surface area contributed by atoms with Crippen LogP contribution in [0.5, 0.6) is 0 Å². The molecular formula is C20H23IN2S. The van der Waals surface area contributed by atoms with E-state index in [2.05, 4.69) is 90.7 Å². The van der Waals surface area contributed by atoms with Gasteiger partial charge >= 0.3 is 0 Å². The molecule has 0 fully saturated rings. The van der Waals surface area contributed by atoms with Crippen molar-refractivity contribution in [2.24, 2.45) is 0 Å². The van der Waals surface area contributed by atoms with Crippen molar-refractivity contribution in [2.75, 3.05) is 11.6 Å². The van der Waals surface area contributed by atoms with Crippen LogP contribution in [-0.4, -0.2) is 21.4 Å². The molecule has 0 bridgehead atoms. The maximum atomic E-state index is 3.57. The van der Waals surface area contributed by atoms with Crippen LogP contribution in [0.2, 0.25) is 0 Å². The van der Waals surface area contributed by atoms with E-state index in [9.17, 15) is 0 Å². The molecule has 1 aliphatic rings. The van der Waals surface area contributed by atoms with Crippen molar-refractivity contribution in [1.29, 1.82) is 0 Å². The molecule has 2 aromatic carbocycles. The van der Waals surface area contributed by atoms with Crippen LogP contribution < -0.4 is 29.3 Å². The summed E-state index contributed by atoms with van der Waals surface area (Å²) in [6, 6.07) is 21.0. The predicted molar refractivity (Wildman–Crippen MR) is 102 cm³/mol. The Morgan fingerprint density at radius 3 is 2.12 bits per heavy atom. The molecule has 0 radical (unpaired) electrons. The normalized spacial score (nSPS) is 16.2. The van der Waals surface area contributed by atoms with Gasteiger partial charge in [-0.25, -0.2) is 0 Å². The third kappa shape index (κ3) is 4.22. The number of hydrogen-bond acceptors (Lipinski definition) is 2. The molecule has 0 amide bonds. The third-order valence-corrected chi connectivity index (χ3v) is 4.77. The first-order valence-electron chi connectivity index (χ1n) is 7.89. The van der Waals surface area contributed by atoms with Gasteiger partial charge in [-0.1, -0.05) is 48.2 Å². The summed E-state index contributed by atoms with van der Waals surface area (Å²) in [7, 11) is 0. The summed E-state index contributed by atoms with van der Waals surface area (Å²) in [6.07, 6.45) is 5.39. The quantitative estimate of drug-likeness (QED) is 0.570. The summed E-state index contributed by atoms with van der Waals surface area (Å²) in [6.45, 7) is 4.60. The molecule has 0 saturated heterocycles. The Kier molecular flexibility index (Phi) is 6.52. The van der Waals surface area contributed by atoms with Crippen LogP contribution in [0.1, 0.15) is 20.3 Å². The second-order valence-electron chi connectivity index (χ2n) is 6.36. The number of halogens is 1. The van der Waals surface area contributed by atoms with Gasteiger partial charge in [0.25, 0.3) is 0 Å². The largest absolute Gasteiger partial charge is 1.00 e. The summed E-state index contributed by atoms with van der Waals surface area (Å²) >= 11 is 1.79. The lowest BCUT2D eigenvalue weighted by atomic mass is 9.93. The summed E-state index contributed by atoms with van der Waals surface area (Å²) in [4.78, 5) is 0. The molecule has 4 heteroatoms. The number of benzene rings is 2. The first kappa shape index (κ1) is 19.1. The van der Waals surface area contributed by atoms with Gasteiger partial charge in [-0.2, -0.15) is 4.58 Å². The Balaban J connectivity index is 0.00000208. The standard InChI is InChI=1S/C20H22N2S.HI/c1-20(2)15-17(21-16-10-6-4-7-11-16)14-19(23-3)22(20)18-12-8-5-9-13-18;/h4-14H,15H2,1-3H3;1H. The Hall–Kier alpha value is -1.27. The minimum atomic E-state index is 0. The van der Waals surface area contributed by atoms with Crippen molar-refractivity contribution >= 4 is 28.2 Å². The number of anilines is 1. The van der Waals surface area contributed by atoms with Crippen LogP contribution in [0.3, 0.4) is 0 Å². The highest BCUT2D eigenvalue weighted by atomic mass is 127. The molecule has 1 heterocycles. The fourth-order valence-electron chi connectivity index (χ4n) is 3.10. The maximum Gasteiger partial charge on any atom is 0.242 e. The lowest BCUT2D eigenvalue weighted by Gasteiger charge is -2.29. The maximum absolute atomic E-state index is 3.57. The predicted octanol–water partition coefficient (Wildman–Crippen LogP) is 2.27. The molecular weight excluding hydrogens is 427 g/mol. The van der Waals surface area contributed by atoms with Crippen LogP contribution in [0.15, 0.2) is 72.4 Å². The van der Waals surface area contributed by atoms with Gasteiger partial charge in [-0.3, -0.25) is 0 Å². The third-order valence-electron chi connectivity index (χ3n) is 4.05. The second-order valence-corrected chi connectivity index (χ2v) is 7.19. The van der Waals surface area contributed by atoms with E-state index in [1.54, 1.807) is 11.8 Å². The Bertz CT molecular complexity index is 737. The minimum Gasteiger partial charge on any atom is -1.00 e. The number of para-hydroxylation sites is 2. The molecule has 126 valence electrons. The van der Waals surface area contributed by atoms with E-state index in [1.165, 1.54) is 16.4 Å². The van der Waals surface area contributed by atoms with Gasteiger partial charge in [0.2, 0.25) is 10.7 Å². The fraction of sp³-hybridized carbons (Fsp3) is 0.250. The molecule has 0 atom stereocenters. The van der Waals surface area contributed by atoms with E-state index in [1.807, 2.05) is 6.07 Å². The van der Waals surface area contributed by atoms with Crippen LogP contribution in [0.4, 0.5) is 11.4 Å². The summed E-state index contributed by atoms with van der Waals surface area (Å²) in [5.74, 6) is 0. The Morgan fingerprint density at radius 2 is 1.54 bits per heavy atom. The van der Waals surface area contributed by atoms with Crippen molar-refractivity contribution in [3.05, 3.63) is 72.4 Å². The number of nitrogens with one attached hydrogen (secondary N) is 1. The van der Waals surface area contributed by atoms with Crippen LogP contribution in [0.25, 0.3) is 0 Å². The van der Waals surface area contributed by atoms with E-state index in [0.29, 0.717) is 0 Å².